The van der Waals surface area contributed by atoms with Gasteiger partial charge in [-0.1, -0.05) is 44.9 Å². The van der Waals surface area contributed by atoms with E-state index in [4.69, 9.17) is 0 Å². The molecule has 0 radical (unpaired) electrons. The molecule has 0 aliphatic heterocycles. The van der Waals surface area contributed by atoms with Crippen LogP contribution in [-0.2, 0) is 6.42 Å². The van der Waals surface area contributed by atoms with Gasteiger partial charge in [0.2, 0.25) is 0 Å². The van der Waals surface area contributed by atoms with Crippen molar-refractivity contribution < 1.29 is 4.79 Å². The fraction of sp³-hybridized carbons (Fsp3) is 0.450. The molecule has 1 aromatic heterocycles. The average Bonchev–Trinajstić information content (AvgIpc) is 2.59. The number of benzene rings is 1. The van der Waals surface area contributed by atoms with Gasteiger partial charge in [0.15, 0.2) is 0 Å². The Morgan fingerprint density at radius 2 is 1.92 bits per heavy atom. The Balaban J connectivity index is 2.18. The second kappa shape index (κ2) is 9.16. The largest absolute Gasteiger partial charge is 0.351 e. The van der Waals surface area contributed by atoms with Crippen molar-refractivity contribution >= 4 is 17.4 Å². The third-order valence-electron chi connectivity index (χ3n) is 4.13. The number of rotatable bonds is 8. The fourth-order valence-electron chi connectivity index (χ4n) is 2.75. The summed E-state index contributed by atoms with van der Waals surface area (Å²) in [7, 11) is 0. The molecular weight excluding hydrogens is 312 g/mol. The number of nitrogens with one attached hydrogen (secondary N) is 2. The number of unbranched alkanes of at least 4 members (excludes halogenated alkanes) is 2. The van der Waals surface area contributed by atoms with Crippen LogP contribution >= 0.6 is 0 Å². The number of nitrogens with zero attached hydrogens (tertiary/aromatic N) is 2. The summed E-state index contributed by atoms with van der Waals surface area (Å²) < 4.78 is 0. The number of aromatic nitrogens is 2. The maximum absolute atomic E-state index is 12.3. The molecule has 0 saturated heterocycles. The molecule has 0 aliphatic rings. The Labute approximate surface area is 150 Å². The van der Waals surface area contributed by atoms with Gasteiger partial charge in [0.1, 0.15) is 17.3 Å². The predicted octanol–water partition coefficient (Wildman–Crippen LogP) is 4.32. The molecule has 0 fully saturated rings. The van der Waals surface area contributed by atoms with Crippen LogP contribution in [0.3, 0.4) is 0 Å². The predicted molar refractivity (Wildman–Crippen MR) is 102 cm³/mol. The minimum Gasteiger partial charge on any atom is -0.351 e. The van der Waals surface area contributed by atoms with Gasteiger partial charge in [-0.2, -0.15) is 0 Å². The van der Waals surface area contributed by atoms with Crippen molar-refractivity contribution in [3.05, 3.63) is 46.9 Å². The second-order valence-corrected chi connectivity index (χ2v) is 6.24. The zero-order valence-corrected chi connectivity index (χ0v) is 15.6. The molecule has 2 N–H and O–H groups in total. The molecule has 1 heterocycles. The quantitative estimate of drug-likeness (QED) is 0.702. The van der Waals surface area contributed by atoms with Crippen LogP contribution in [0, 0.1) is 13.8 Å². The van der Waals surface area contributed by atoms with Gasteiger partial charge in [-0.25, -0.2) is 9.97 Å². The smallest absolute Gasteiger partial charge is 0.270 e. The lowest BCUT2D eigenvalue weighted by molar-refractivity contribution is 0.0947. The molecule has 1 aromatic carbocycles. The van der Waals surface area contributed by atoms with E-state index in [0.29, 0.717) is 23.9 Å². The lowest BCUT2D eigenvalue weighted by atomic mass is 10.1. The average molecular weight is 340 g/mol. The molecule has 0 atom stereocenters. The van der Waals surface area contributed by atoms with E-state index in [1.54, 1.807) is 13.0 Å². The van der Waals surface area contributed by atoms with Gasteiger partial charge >= 0.3 is 0 Å². The summed E-state index contributed by atoms with van der Waals surface area (Å²) in [4.78, 5) is 21.0. The van der Waals surface area contributed by atoms with Crippen molar-refractivity contribution in [1.29, 1.82) is 0 Å². The first-order chi connectivity index (χ1) is 12.0. The zero-order chi connectivity index (χ0) is 18.2. The normalized spacial score (nSPS) is 10.6. The van der Waals surface area contributed by atoms with Gasteiger partial charge in [0.25, 0.3) is 5.91 Å². The third kappa shape index (κ3) is 5.28. The molecule has 2 aromatic rings. The van der Waals surface area contributed by atoms with E-state index < -0.39 is 0 Å². The molecule has 5 heteroatoms. The van der Waals surface area contributed by atoms with Crippen molar-refractivity contribution in [2.24, 2.45) is 0 Å². The molecular formula is C20H28N4O. The van der Waals surface area contributed by atoms with Crippen molar-refractivity contribution in [3.63, 3.8) is 0 Å². The Bertz CT molecular complexity index is 728. The summed E-state index contributed by atoms with van der Waals surface area (Å²) in [6.45, 7) is 8.81. The molecule has 25 heavy (non-hydrogen) atoms. The number of hydrogen-bond donors (Lipinski definition) is 2. The summed E-state index contributed by atoms with van der Waals surface area (Å²) in [5.41, 5.74) is 3.83. The van der Waals surface area contributed by atoms with Crippen LogP contribution < -0.4 is 10.6 Å². The molecule has 0 bridgehead atoms. The van der Waals surface area contributed by atoms with Crippen LogP contribution in [0.2, 0.25) is 0 Å². The highest BCUT2D eigenvalue weighted by molar-refractivity contribution is 5.93. The molecule has 0 saturated carbocycles. The zero-order valence-electron chi connectivity index (χ0n) is 15.6. The molecule has 5 nitrogen and oxygen atoms in total. The number of amides is 1. The van der Waals surface area contributed by atoms with E-state index in [2.05, 4.69) is 59.6 Å². The van der Waals surface area contributed by atoms with Crippen molar-refractivity contribution in [3.8, 4) is 0 Å². The van der Waals surface area contributed by atoms with Gasteiger partial charge in [-0.05, 0) is 37.8 Å². The van der Waals surface area contributed by atoms with E-state index in [1.807, 2.05) is 0 Å². The van der Waals surface area contributed by atoms with Crippen LogP contribution in [0.4, 0.5) is 11.5 Å². The van der Waals surface area contributed by atoms with Crippen LogP contribution in [0.5, 0.6) is 0 Å². The van der Waals surface area contributed by atoms with E-state index in [0.717, 1.165) is 36.9 Å². The Kier molecular flexibility index (Phi) is 6.92. The van der Waals surface area contributed by atoms with E-state index in [-0.39, 0.29) is 5.91 Å². The molecule has 134 valence electrons. The van der Waals surface area contributed by atoms with Crippen LogP contribution in [0.15, 0.2) is 24.3 Å². The molecule has 0 unspecified atom stereocenters. The van der Waals surface area contributed by atoms with Crippen molar-refractivity contribution in [2.45, 2.75) is 53.4 Å². The topological polar surface area (TPSA) is 66.9 Å². The van der Waals surface area contributed by atoms with E-state index in [1.165, 1.54) is 5.56 Å². The standard InChI is InChI=1S/C20H28N4O/c1-5-7-8-12-21-20(25)17-13-18(23-15(4)22-17)24-19-14(3)10-9-11-16(19)6-2/h9-11,13H,5-8,12H2,1-4H3,(H,21,25)(H,22,23,24). The minimum atomic E-state index is -0.148. The van der Waals surface area contributed by atoms with Gasteiger partial charge in [0, 0.05) is 18.3 Å². The Hall–Kier alpha value is -2.43. The number of anilines is 2. The number of carbonyl (C=O) groups is 1. The second-order valence-electron chi connectivity index (χ2n) is 6.24. The van der Waals surface area contributed by atoms with Crippen LogP contribution in [-0.4, -0.2) is 22.4 Å². The molecule has 2 rings (SSSR count). The summed E-state index contributed by atoms with van der Waals surface area (Å²) in [5, 5.41) is 6.30. The van der Waals surface area contributed by atoms with Crippen LogP contribution in [0.1, 0.15) is 60.5 Å². The number of hydrogen-bond acceptors (Lipinski definition) is 4. The molecule has 1 amide bonds. The number of para-hydroxylation sites is 1. The van der Waals surface area contributed by atoms with Gasteiger partial charge in [-0.3, -0.25) is 4.79 Å². The maximum Gasteiger partial charge on any atom is 0.270 e. The fourth-order valence-corrected chi connectivity index (χ4v) is 2.75. The third-order valence-corrected chi connectivity index (χ3v) is 4.13. The minimum absolute atomic E-state index is 0.148. The first-order valence-corrected chi connectivity index (χ1v) is 9.04. The number of aryl methyl sites for hydroxylation is 3. The van der Waals surface area contributed by atoms with Crippen LogP contribution in [0.25, 0.3) is 0 Å². The van der Waals surface area contributed by atoms with Gasteiger partial charge in [-0.15, -0.1) is 0 Å². The Morgan fingerprint density at radius 3 is 2.64 bits per heavy atom. The summed E-state index contributed by atoms with van der Waals surface area (Å²) in [5.74, 6) is 1.08. The lowest BCUT2D eigenvalue weighted by Gasteiger charge is -2.14. The molecule has 0 spiro atoms. The van der Waals surface area contributed by atoms with E-state index in [9.17, 15) is 4.79 Å². The van der Waals surface area contributed by atoms with Gasteiger partial charge < -0.3 is 10.6 Å². The number of carbonyl (C=O) groups excluding carboxylic acids is 1. The first-order valence-electron chi connectivity index (χ1n) is 9.04. The monoisotopic (exact) mass is 340 g/mol. The summed E-state index contributed by atoms with van der Waals surface area (Å²) in [6, 6.07) is 7.94. The van der Waals surface area contributed by atoms with Gasteiger partial charge in [0.05, 0.1) is 0 Å². The first kappa shape index (κ1) is 18.9. The highest BCUT2D eigenvalue weighted by Gasteiger charge is 2.12. The highest BCUT2D eigenvalue weighted by Crippen LogP contribution is 2.24. The SMILES string of the molecule is CCCCCNC(=O)c1cc(Nc2c(C)cccc2CC)nc(C)n1. The highest BCUT2D eigenvalue weighted by atomic mass is 16.1. The molecule has 0 aliphatic carbocycles. The Morgan fingerprint density at radius 1 is 1.12 bits per heavy atom. The van der Waals surface area contributed by atoms with Crippen molar-refractivity contribution in [2.75, 3.05) is 11.9 Å². The maximum atomic E-state index is 12.3. The lowest BCUT2D eigenvalue weighted by Crippen LogP contribution is -2.26. The summed E-state index contributed by atoms with van der Waals surface area (Å²) in [6.07, 6.45) is 4.16. The van der Waals surface area contributed by atoms with E-state index >= 15 is 0 Å². The van der Waals surface area contributed by atoms with Crippen molar-refractivity contribution in [1.82, 2.24) is 15.3 Å². The summed E-state index contributed by atoms with van der Waals surface area (Å²) >= 11 is 0.